The van der Waals surface area contributed by atoms with Gasteiger partial charge in [-0.2, -0.15) is 0 Å². The van der Waals surface area contributed by atoms with Gasteiger partial charge in [0.05, 0.1) is 0 Å². The van der Waals surface area contributed by atoms with Gasteiger partial charge in [-0.1, -0.05) is 41.1 Å². The van der Waals surface area contributed by atoms with Gasteiger partial charge in [0.1, 0.15) is 11.5 Å². The minimum atomic E-state index is -0.990. The summed E-state index contributed by atoms with van der Waals surface area (Å²) in [6.45, 7) is 2.10. The second-order valence-corrected chi connectivity index (χ2v) is 5.37. The number of carboxylic acid groups (broad SMARTS) is 1. The van der Waals surface area contributed by atoms with Crippen molar-refractivity contribution in [2.45, 2.75) is 13.3 Å². The molecule has 0 heterocycles. The van der Waals surface area contributed by atoms with E-state index in [0.717, 1.165) is 22.7 Å². The lowest BCUT2D eigenvalue weighted by atomic mass is 10.1. The smallest absolute Gasteiger partial charge is 0.328 e. The summed E-state index contributed by atoms with van der Waals surface area (Å²) in [5.74, 6) is 0.331. The third kappa shape index (κ3) is 4.46. The molecule has 2 rings (SSSR count). The van der Waals surface area contributed by atoms with Crippen LogP contribution in [-0.4, -0.2) is 11.1 Å². The summed E-state index contributed by atoms with van der Waals surface area (Å²) >= 11 is 3.39. The van der Waals surface area contributed by atoms with E-state index in [1.54, 1.807) is 6.07 Å². The Morgan fingerprint density at radius 3 is 2.57 bits per heavy atom. The van der Waals surface area contributed by atoms with Gasteiger partial charge in [0.2, 0.25) is 0 Å². The summed E-state index contributed by atoms with van der Waals surface area (Å²) in [5, 5.41) is 8.73. The molecule has 0 saturated carbocycles. The summed E-state index contributed by atoms with van der Waals surface area (Å²) in [4.78, 5) is 10.6. The lowest BCUT2D eigenvalue weighted by Crippen LogP contribution is -1.90. The summed E-state index contributed by atoms with van der Waals surface area (Å²) in [6, 6.07) is 13.3. The van der Waals surface area contributed by atoms with Gasteiger partial charge in [0.25, 0.3) is 0 Å². The molecule has 0 aromatic heterocycles. The largest absolute Gasteiger partial charge is 0.478 e. The molecule has 1 N–H and O–H groups in total. The van der Waals surface area contributed by atoms with E-state index in [-0.39, 0.29) is 0 Å². The molecule has 2 aromatic carbocycles. The fourth-order valence-corrected chi connectivity index (χ4v) is 2.16. The Bertz CT molecular complexity index is 660. The summed E-state index contributed by atoms with van der Waals surface area (Å²) in [6.07, 6.45) is 3.59. The molecule has 0 aliphatic heterocycles. The van der Waals surface area contributed by atoms with Crippen molar-refractivity contribution in [3.8, 4) is 11.5 Å². The Hall–Kier alpha value is -2.07. The van der Waals surface area contributed by atoms with Crippen LogP contribution in [0.25, 0.3) is 6.08 Å². The van der Waals surface area contributed by atoms with Crippen LogP contribution in [0, 0.1) is 0 Å². The number of ether oxygens (including phenoxy) is 1. The van der Waals surface area contributed by atoms with E-state index in [4.69, 9.17) is 9.84 Å². The Labute approximate surface area is 132 Å². The predicted octanol–water partition coefficient (Wildman–Crippen LogP) is 4.90. The maximum absolute atomic E-state index is 10.6. The zero-order chi connectivity index (χ0) is 15.2. The summed E-state index contributed by atoms with van der Waals surface area (Å²) < 4.78 is 6.72. The van der Waals surface area contributed by atoms with E-state index < -0.39 is 5.97 Å². The van der Waals surface area contributed by atoms with E-state index in [1.807, 2.05) is 36.4 Å². The maximum Gasteiger partial charge on any atom is 0.328 e. The number of hydrogen-bond donors (Lipinski definition) is 1. The van der Waals surface area contributed by atoms with Crippen molar-refractivity contribution in [3.05, 3.63) is 64.1 Å². The first-order chi connectivity index (χ1) is 10.1. The number of aryl methyl sites for hydroxylation is 1. The van der Waals surface area contributed by atoms with Crippen molar-refractivity contribution in [2.24, 2.45) is 0 Å². The highest BCUT2D eigenvalue weighted by Gasteiger charge is 2.05. The number of carbonyl (C=O) groups is 1. The molecule has 108 valence electrons. The van der Waals surface area contributed by atoms with E-state index in [0.29, 0.717) is 11.3 Å². The van der Waals surface area contributed by atoms with E-state index in [9.17, 15) is 4.79 Å². The molecular weight excluding hydrogens is 332 g/mol. The average molecular weight is 347 g/mol. The Morgan fingerprint density at radius 2 is 1.95 bits per heavy atom. The van der Waals surface area contributed by atoms with Gasteiger partial charge < -0.3 is 9.84 Å². The molecule has 2 aromatic rings. The molecule has 0 radical (unpaired) electrons. The van der Waals surface area contributed by atoms with Crippen molar-refractivity contribution < 1.29 is 14.6 Å². The first kappa shape index (κ1) is 15.3. The standard InChI is InChI=1S/C17H15BrO3/c1-2-12-3-8-15(9-4-12)21-16-11-14(18)7-5-13(16)6-10-17(19)20/h3-11H,2H2,1H3,(H,19,20)/b10-6+. The molecule has 0 aliphatic rings. The number of carboxylic acids is 1. The Balaban J connectivity index is 2.28. The van der Waals surface area contributed by atoms with E-state index in [1.165, 1.54) is 11.6 Å². The molecule has 0 fully saturated rings. The Kier molecular flexibility index (Phi) is 5.17. The van der Waals surface area contributed by atoms with Crippen LogP contribution in [0.2, 0.25) is 0 Å². The van der Waals surface area contributed by atoms with Crippen molar-refractivity contribution >= 4 is 28.0 Å². The van der Waals surface area contributed by atoms with E-state index in [2.05, 4.69) is 22.9 Å². The van der Waals surface area contributed by atoms with Crippen molar-refractivity contribution in [2.75, 3.05) is 0 Å². The first-order valence-corrected chi connectivity index (χ1v) is 7.35. The normalized spacial score (nSPS) is 10.8. The van der Waals surface area contributed by atoms with Gasteiger partial charge >= 0.3 is 5.97 Å². The summed E-state index contributed by atoms with van der Waals surface area (Å²) in [5.41, 5.74) is 1.95. The van der Waals surface area contributed by atoms with Gasteiger partial charge in [0.15, 0.2) is 0 Å². The molecule has 0 bridgehead atoms. The molecule has 0 spiro atoms. The third-order valence-electron chi connectivity index (χ3n) is 2.94. The SMILES string of the molecule is CCc1ccc(Oc2cc(Br)ccc2/C=C/C(=O)O)cc1. The van der Waals surface area contributed by atoms with Crippen LogP contribution in [0.3, 0.4) is 0 Å². The minimum Gasteiger partial charge on any atom is -0.478 e. The topological polar surface area (TPSA) is 46.5 Å². The van der Waals surface area contributed by atoms with Gasteiger partial charge in [-0.05, 0) is 42.3 Å². The van der Waals surface area contributed by atoms with Crippen LogP contribution in [0.5, 0.6) is 11.5 Å². The molecule has 0 saturated heterocycles. The number of aliphatic carboxylic acids is 1. The summed E-state index contributed by atoms with van der Waals surface area (Å²) in [7, 11) is 0. The third-order valence-corrected chi connectivity index (χ3v) is 3.43. The molecule has 0 aliphatic carbocycles. The van der Waals surface area contributed by atoms with Crippen LogP contribution in [0.15, 0.2) is 53.0 Å². The average Bonchev–Trinajstić information content (AvgIpc) is 2.47. The van der Waals surface area contributed by atoms with Gasteiger partial charge in [-0.3, -0.25) is 0 Å². The van der Waals surface area contributed by atoms with Crippen molar-refractivity contribution in [3.63, 3.8) is 0 Å². The van der Waals surface area contributed by atoms with Gasteiger partial charge in [-0.15, -0.1) is 0 Å². The molecule has 0 atom stereocenters. The van der Waals surface area contributed by atoms with Crippen LogP contribution in [-0.2, 0) is 11.2 Å². The molecule has 4 heteroatoms. The zero-order valence-corrected chi connectivity index (χ0v) is 13.1. The number of halogens is 1. The minimum absolute atomic E-state index is 0.603. The molecular formula is C17H15BrO3. The molecule has 0 unspecified atom stereocenters. The van der Waals surface area contributed by atoms with Crippen molar-refractivity contribution in [1.29, 1.82) is 0 Å². The maximum atomic E-state index is 10.6. The number of rotatable bonds is 5. The molecule has 3 nitrogen and oxygen atoms in total. The fraction of sp³-hybridized carbons (Fsp3) is 0.118. The number of benzene rings is 2. The lowest BCUT2D eigenvalue weighted by molar-refractivity contribution is -0.131. The predicted molar refractivity (Wildman–Crippen MR) is 86.7 cm³/mol. The quantitative estimate of drug-likeness (QED) is 0.783. The van der Waals surface area contributed by atoms with E-state index >= 15 is 0 Å². The van der Waals surface area contributed by atoms with Crippen LogP contribution >= 0.6 is 15.9 Å². The molecule has 21 heavy (non-hydrogen) atoms. The fourth-order valence-electron chi connectivity index (χ4n) is 1.82. The van der Waals surface area contributed by atoms with Crippen molar-refractivity contribution in [1.82, 2.24) is 0 Å². The monoisotopic (exact) mass is 346 g/mol. The number of hydrogen-bond acceptors (Lipinski definition) is 2. The highest BCUT2D eigenvalue weighted by molar-refractivity contribution is 9.10. The van der Waals surface area contributed by atoms with Crippen LogP contribution in [0.4, 0.5) is 0 Å². The highest BCUT2D eigenvalue weighted by atomic mass is 79.9. The first-order valence-electron chi connectivity index (χ1n) is 6.56. The van der Waals surface area contributed by atoms with Crippen LogP contribution in [0.1, 0.15) is 18.1 Å². The second kappa shape index (κ2) is 7.09. The highest BCUT2D eigenvalue weighted by Crippen LogP contribution is 2.29. The second-order valence-electron chi connectivity index (χ2n) is 4.45. The zero-order valence-electron chi connectivity index (χ0n) is 11.5. The molecule has 0 amide bonds. The van der Waals surface area contributed by atoms with Crippen LogP contribution < -0.4 is 4.74 Å². The lowest BCUT2D eigenvalue weighted by Gasteiger charge is -2.10. The van der Waals surface area contributed by atoms with Gasteiger partial charge in [-0.25, -0.2) is 4.79 Å². The van der Waals surface area contributed by atoms with Gasteiger partial charge in [0, 0.05) is 16.1 Å². The Morgan fingerprint density at radius 1 is 1.24 bits per heavy atom.